The van der Waals surface area contributed by atoms with Gasteiger partial charge in [0.05, 0.1) is 5.56 Å². The SMILES string of the molecule is CN(C)S(=O)(=O)c1ccc(COC(=O)c2ccc(C=O)cc2)o1. The molecule has 23 heavy (non-hydrogen) atoms. The van der Waals surface area contributed by atoms with E-state index in [-0.39, 0.29) is 23.0 Å². The molecule has 122 valence electrons. The molecule has 8 heteroatoms. The molecule has 0 aliphatic heterocycles. The number of benzene rings is 1. The minimum absolute atomic E-state index is 0.197. The molecule has 2 rings (SSSR count). The zero-order valence-corrected chi connectivity index (χ0v) is 13.4. The van der Waals surface area contributed by atoms with Crippen LogP contribution in [0.25, 0.3) is 0 Å². The first-order valence-electron chi connectivity index (χ1n) is 6.58. The van der Waals surface area contributed by atoms with Gasteiger partial charge in [-0.3, -0.25) is 4.79 Å². The highest BCUT2D eigenvalue weighted by molar-refractivity contribution is 7.88. The topological polar surface area (TPSA) is 93.9 Å². The van der Waals surface area contributed by atoms with Crippen LogP contribution in [0.5, 0.6) is 0 Å². The van der Waals surface area contributed by atoms with E-state index >= 15 is 0 Å². The molecule has 0 radical (unpaired) electrons. The van der Waals surface area contributed by atoms with Crippen LogP contribution in [0.1, 0.15) is 26.5 Å². The molecule has 1 heterocycles. The quantitative estimate of drug-likeness (QED) is 0.588. The van der Waals surface area contributed by atoms with Gasteiger partial charge in [0, 0.05) is 19.7 Å². The van der Waals surface area contributed by atoms with Crippen molar-refractivity contribution in [2.75, 3.05) is 14.1 Å². The van der Waals surface area contributed by atoms with E-state index in [2.05, 4.69) is 0 Å². The van der Waals surface area contributed by atoms with E-state index < -0.39 is 16.0 Å². The second kappa shape index (κ2) is 6.76. The molecule has 0 saturated carbocycles. The van der Waals surface area contributed by atoms with Gasteiger partial charge < -0.3 is 9.15 Å². The third-order valence-electron chi connectivity index (χ3n) is 3.00. The number of aldehydes is 1. The average molecular weight is 337 g/mol. The Hall–Kier alpha value is -2.45. The third-order valence-corrected chi connectivity index (χ3v) is 4.69. The van der Waals surface area contributed by atoms with Crippen molar-refractivity contribution < 1.29 is 27.2 Å². The first kappa shape index (κ1) is 16.9. The van der Waals surface area contributed by atoms with Crippen LogP contribution in [0.2, 0.25) is 0 Å². The number of hydrogen-bond acceptors (Lipinski definition) is 6. The Morgan fingerprint density at radius 1 is 1.17 bits per heavy atom. The second-order valence-corrected chi connectivity index (χ2v) is 6.91. The average Bonchev–Trinajstić information content (AvgIpc) is 3.02. The van der Waals surface area contributed by atoms with Crippen molar-refractivity contribution in [3.8, 4) is 0 Å². The van der Waals surface area contributed by atoms with Gasteiger partial charge in [0.15, 0.2) is 0 Å². The Morgan fingerprint density at radius 3 is 2.39 bits per heavy atom. The normalized spacial score (nSPS) is 11.4. The van der Waals surface area contributed by atoms with Gasteiger partial charge in [-0.25, -0.2) is 17.5 Å². The summed E-state index contributed by atoms with van der Waals surface area (Å²) in [5.41, 5.74) is 0.731. The lowest BCUT2D eigenvalue weighted by atomic mass is 10.1. The van der Waals surface area contributed by atoms with E-state index in [0.29, 0.717) is 11.8 Å². The summed E-state index contributed by atoms with van der Waals surface area (Å²) in [5, 5.41) is -0.219. The van der Waals surface area contributed by atoms with E-state index in [1.54, 1.807) is 0 Å². The molecular weight excluding hydrogens is 322 g/mol. The minimum atomic E-state index is -3.66. The summed E-state index contributed by atoms with van der Waals surface area (Å²) in [6.45, 7) is -0.197. The Morgan fingerprint density at radius 2 is 1.83 bits per heavy atom. The summed E-state index contributed by atoms with van der Waals surface area (Å²) in [4.78, 5) is 22.4. The Kier molecular flexibility index (Phi) is 4.97. The molecule has 0 spiro atoms. The zero-order valence-electron chi connectivity index (χ0n) is 12.6. The third kappa shape index (κ3) is 3.85. The summed E-state index contributed by atoms with van der Waals surface area (Å²) in [6.07, 6.45) is 0.671. The second-order valence-electron chi connectivity index (χ2n) is 4.82. The Balaban J connectivity index is 2.02. The van der Waals surface area contributed by atoms with Crippen molar-refractivity contribution in [1.82, 2.24) is 4.31 Å². The molecule has 2 aromatic rings. The monoisotopic (exact) mass is 337 g/mol. The van der Waals surface area contributed by atoms with Gasteiger partial charge in [-0.2, -0.15) is 0 Å². The fourth-order valence-corrected chi connectivity index (χ4v) is 2.48. The molecule has 0 atom stereocenters. The molecule has 0 N–H and O–H groups in total. The predicted octanol–water partition coefficient (Wildman–Crippen LogP) is 1.70. The number of carbonyl (C=O) groups excluding carboxylic acids is 2. The van der Waals surface area contributed by atoms with Gasteiger partial charge >= 0.3 is 5.97 Å². The number of rotatable bonds is 6. The van der Waals surface area contributed by atoms with Crippen LogP contribution in [0.15, 0.2) is 45.9 Å². The van der Waals surface area contributed by atoms with Crippen LogP contribution in [0.4, 0.5) is 0 Å². The summed E-state index contributed by atoms with van der Waals surface area (Å²) < 4.78 is 35.0. The largest absolute Gasteiger partial charge is 0.454 e. The number of sulfonamides is 1. The number of ether oxygens (including phenoxy) is 1. The standard InChI is InChI=1S/C15H15NO6S/c1-16(2)23(19,20)14-8-7-13(22-14)10-21-15(18)12-5-3-11(9-17)4-6-12/h3-9H,10H2,1-2H3. The molecule has 1 aromatic heterocycles. The molecule has 0 aliphatic carbocycles. The van der Waals surface area contributed by atoms with E-state index in [0.717, 1.165) is 4.31 Å². The Labute approximate surface area is 133 Å². The first-order chi connectivity index (χ1) is 10.8. The number of furan rings is 1. The van der Waals surface area contributed by atoms with Gasteiger partial charge in [-0.1, -0.05) is 12.1 Å². The van der Waals surface area contributed by atoms with Crippen molar-refractivity contribution in [3.05, 3.63) is 53.3 Å². The lowest BCUT2D eigenvalue weighted by molar-refractivity contribution is 0.0440. The van der Waals surface area contributed by atoms with E-state index in [1.807, 2.05) is 0 Å². The summed E-state index contributed by atoms with van der Waals surface area (Å²) in [7, 11) is -0.883. The van der Waals surface area contributed by atoms with Crippen LogP contribution in [-0.2, 0) is 21.4 Å². The van der Waals surface area contributed by atoms with Crippen LogP contribution < -0.4 is 0 Å². The minimum Gasteiger partial charge on any atom is -0.454 e. The number of hydrogen-bond donors (Lipinski definition) is 0. The molecular formula is C15H15NO6S. The van der Waals surface area contributed by atoms with Crippen molar-refractivity contribution >= 4 is 22.3 Å². The highest BCUT2D eigenvalue weighted by atomic mass is 32.2. The maximum Gasteiger partial charge on any atom is 0.338 e. The van der Waals surface area contributed by atoms with Crippen LogP contribution in [-0.4, -0.2) is 39.1 Å². The van der Waals surface area contributed by atoms with Crippen molar-refractivity contribution in [2.24, 2.45) is 0 Å². The molecule has 0 amide bonds. The van der Waals surface area contributed by atoms with Gasteiger partial charge in [-0.05, 0) is 24.3 Å². The number of carbonyl (C=O) groups is 2. The number of nitrogens with zero attached hydrogens (tertiary/aromatic N) is 1. The van der Waals surface area contributed by atoms with Gasteiger partial charge in [0.25, 0.3) is 10.0 Å². The van der Waals surface area contributed by atoms with E-state index in [1.165, 1.54) is 50.5 Å². The lowest BCUT2D eigenvalue weighted by Crippen LogP contribution is -2.21. The van der Waals surface area contributed by atoms with Crippen molar-refractivity contribution in [1.29, 1.82) is 0 Å². The van der Waals surface area contributed by atoms with Crippen molar-refractivity contribution in [2.45, 2.75) is 11.7 Å². The fourth-order valence-electron chi connectivity index (χ4n) is 1.67. The molecule has 0 saturated heterocycles. The van der Waals surface area contributed by atoms with E-state index in [9.17, 15) is 18.0 Å². The molecule has 1 aromatic carbocycles. The molecule has 0 bridgehead atoms. The maximum absolute atomic E-state index is 11.9. The molecule has 7 nitrogen and oxygen atoms in total. The lowest BCUT2D eigenvalue weighted by Gasteiger charge is -2.07. The highest BCUT2D eigenvalue weighted by Crippen LogP contribution is 2.18. The molecule has 0 aliphatic rings. The number of esters is 1. The predicted molar refractivity (Wildman–Crippen MR) is 80.5 cm³/mol. The first-order valence-corrected chi connectivity index (χ1v) is 8.02. The van der Waals surface area contributed by atoms with Crippen LogP contribution in [0, 0.1) is 0 Å². The maximum atomic E-state index is 11.9. The molecule has 0 fully saturated rings. The van der Waals surface area contributed by atoms with Crippen molar-refractivity contribution in [3.63, 3.8) is 0 Å². The van der Waals surface area contributed by atoms with Gasteiger partial charge in [-0.15, -0.1) is 0 Å². The molecule has 0 unspecified atom stereocenters. The van der Waals surface area contributed by atoms with Crippen LogP contribution >= 0.6 is 0 Å². The van der Waals surface area contributed by atoms with Gasteiger partial charge in [0.1, 0.15) is 18.7 Å². The zero-order chi connectivity index (χ0) is 17.0. The summed E-state index contributed by atoms with van der Waals surface area (Å²) in [5.74, 6) is -0.390. The van der Waals surface area contributed by atoms with E-state index in [4.69, 9.17) is 9.15 Å². The smallest absolute Gasteiger partial charge is 0.338 e. The Bertz CT molecular complexity index is 805. The fraction of sp³-hybridized carbons (Fsp3) is 0.200. The van der Waals surface area contributed by atoms with Gasteiger partial charge in [0.2, 0.25) is 5.09 Å². The summed E-state index contributed by atoms with van der Waals surface area (Å²) >= 11 is 0. The van der Waals surface area contributed by atoms with Crippen LogP contribution in [0.3, 0.4) is 0 Å². The summed E-state index contributed by atoms with van der Waals surface area (Å²) in [6, 6.07) is 8.67. The highest BCUT2D eigenvalue weighted by Gasteiger charge is 2.21.